The van der Waals surface area contributed by atoms with E-state index in [0.717, 1.165) is 25.2 Å². The van der Waals surface area contributed by atoms with Gasteiger partial charge in [0.15, 0.2) is 0 Å². The molecule has 1 atom stereocenters. The standard InChI is InChI=1S/C15H23N3OS.2ClH/c16-14(13-4-2-1-3-5-13)12-15(19)17-6-7-18-8-10-20-11-9-18;;/h1-5,14H,6-12,16H2,(H,17,19);2*1H. The molecule has 0 aliphatic carbocycles. The van der Waals surface area contributed by atoms with Crippen molar-refractivity contribution in [3.05, 3.63) is 35.9 Å². The van der Waals surface area contributed by atoms with Crippen molar-refractivity contribution >= 4 is 42.5 Å². The van der Waals surface area contributed by atoms with Crippen LogP contribution in [-0.2, 0) is 4.79 Å². The van der Waals surface area contributed by atoms with Crippen molar-refractivity contribution in [2.45, 2.75) is 12.5 Å². The summed E-state index contributed by atoms with van der Waals surface area (Å²) in [5, 5.41) is 2.96. The Morgan fingerprint density at radius 2 is 1.86 bits per heavy atom. The average molecular weight is 366 g/mol. The van der Waals surface area contributed by atoms with Crippen molar-refractivity contribution in [2.75, 3.05) is 37.7 Å². The number of amides is 1. The minimum Gasteiger partial charge on any atom is -0.355 e. The number of hydrogen-bond acceptors (Lipinski definition) is 4. The van der Waals surface area contributed by atoms with Crippen molar-refractivity contribution in [1.82, 2.24) is 10.2 Å². The van der Waals surface area contributed by atoms with E-state index in [1.54, 1.807) is 0 Å². The van der Waals surface area contributed by atoms with Gasteiger partial charge < -0.3 is 11.1 Å². The first-order valence-electron chi connectivity index (χ1n) is 7.13. The van der Waals surface area contributed by atoms with Crippen LogP contribution in [0.5, 0.6) is 0 Å². The highest BCUT2D eigenvalue weighted by Gasteiger charge is 2.12. The second-order valence-corrected chi connectivity index (χ2v) is 6.25. The van der Waals surface area contributed by atoms with Crippen LogP contribution in [0.4, 0.5) is 0 Å². The Balaban J connectivity index is 0.00000220. The van der Waals surface area contributed by atoms with Crippen LogP contribution in [0.1, 0.15) is 18.0 Å². The van der Waals surface area contributed by atoms with Crippen molar-refractivity contribution in [1.29, 1.82) is 0 Å². The van der Waals surface area contributed by atoms with E-state index in [1.807, 2.05) is 42.1 Å². The van der Waals surface area contributed by atoms with E-state index in [4.69, 9.17) is 5.73 Å². The number of nitrogens with one attached hydrogen (secondary N) is 1. The smallest absolute Gasteiger partial charge is 0.221 e. The lowest BCUT2D eigenvalue weighted by atomic mass is 10.0. The number of benzene rings is 1. The molecule has 1 aliphatic heterocycles. The zero-order chi connectivity index (χ0) is 14.2. The van der Waals surface area contributed by atoms with Gasteiger partial charge in [0, 0.05) is 50.1 Å². The third-order valence-electron chi connectivity index (χ3n) is 3.49. The average Bonchev–Trinajstić information content (AvgIpc) is 2.49. The summed E-state index contributed by atoms with van der Waals surface area (Å²) >= 11 is 2.00. The molecule has 1 saturated heterocycles. The fourth-order valence-electron chi connectivity index (χ4n) is 2.27. The monoisotopic (exact) mass is 365 g/mol. The lowest BCUT2D eigenvalue weighted by molar-refractivity contribution is -0.121. The molecule has 7 heteroatoms. The van der Waals surface area contributed by atoms with Crippen LogP contribution in [0.2, 0.25) is 0 Å². The van der Waals surface area contributed by atoms with Gasteiger partial charge >= 0.3 is 0 Å². The van der Waals surface area contributed by atoms with E-state index in [2.05, 4.69) is 10.2 Å². The molecule has 0 bridgehead atoms. The first-order chi connectivity index (χ1) is 9.75. The predicted octanol–water partition coefficient (Wildman–Crippen LogP) is 2.09. The van der Waals surface area contributed by atoms with Gasteiger partial charge in [0.05, 0.1) is 0 Å². The molecule has 1 aromatic rings. The van der Waals surface area contributed by atoms with E-state index < -0.39 is 0 Å². The number of rotatable bonds is 6. The minimum absolute atomic E-state index is 0. The summed E-state index contributed by atoms with van der Waals surface area (Å²) in [7, 11) is 0. The molecule has 1 amide bonds. The van der Waals surface area contributed by atoms with E-state index >= 15 is 0 Å². The van der Waals surface area contributed by atoms with Gasteiger partial charge in [0.2, 0.25) is 5.91 Å². The molecule has 126 valence electrons. The zero-order valence-electron chi connectivity index (χ0n) is 12.6. The zero-order valence-corrected chi connectivity index (χ0v) is 15.0. The Morgan fingerprint density at radius 1 is 1.23 bits per heavy atom. The SMILES string of the molecule is Cl.Cl.NC(CC(=O)NCCN1CCSCC1)c1ccccc1. The van der Waals surface area contributed by atoms with Crippen molar-refractivity contribution in [2.24, 2.45) is 5.73 Å². The topological polar surface area (TPSA) is 58.4 Å². The second-order valence-electron chi connectivity index (χ2n) is 5.03. The summed E-state index contributed by atoms with van der Waals surface area (Å²) in [5.74, 6) is 2.44. The molecular weight excluding hydrogens is 341 g/mol. The number of halogens is 2. The van der Waals surface area contributed by atoms with Crippen LogP contribution >= 0.6 is 36.6 Å². The van der Waals surface area contributed by atoms with Crippen molar-refractivity contribution < 1.29 is 4.79 Å². The number of carbonyl (C=O) groups is 1. The lowest BCUT2D eigenvalue weighted by Gasteiger charge is -2.26. The molecule has 0 radical (unpaired) electrons. The van der Waals surface area contributed by atoms with Gasteiger partial charge in [-0.2, -0.15) is 11.8 Å². The molecule has 1 fully saturated rings. The summed E-state index contributed by atoms with van der Waals surface area (Å²) < 4.78 is 0. The molecule has 0 spiro atoms. The van der Waals surface area contributed by atoms with Crippen molar-refractivity contribution in [3.8, 4) is 0 Å². The largest absolute Gasteiger partial charge is 0.355 e. The third kappa shape index (κ3) is 7.70. The first-order valence-corrected chi connectivity index (χ1v) is 8.28. The summed E-state index contributed by atoms with van der Waals surface area (Å²) in [6.07, 6.45) is 0.347. The molecule has 22 heavy (non-hydrogen) atoms. The van der Waals surface area contributed by atoms with E-state index in [1.165, 1.54) is 11.5 Å². The maximum Gasteiger partial charge on any atom is 0.221 e. The Labute approximate surface area is 149 Å². The van der Waals surface area contributed by atoms with Gasteiger partial charge in [0.1, 0.15) is 0 Å². The van der Waals surface area contributed by atoms with Gasteiger partial charge in [0.25, 0.3) is 0 Å². The molecule has 0 saturated carbocycles. The van der Waals surface area contributed by atoms with Gasteiger partial charge in [-0.15, -0.1) is 24.8 Å². The van der Waals surface area contributed by atoms with Gasteiger partial charge in [-0.05, 0) is 5.56 Å². The quantitative estimate of drug-likeness (QED) is 0.810. The Kier molecular flexibility index (Phi) is 11.8. The van der Waals surface area contributed by atoms with Crippen molar-refractivity contribution in [3.63, 3.8) is 0 Å². The van der Waals surface area contributed by atoms with Crippen LogP contribution in [0.15, 0.2) is 30.3 Å². The highest BCUT2D eigenvalue weighted by molar-refractivity contribution is 7.99. The molecule has 1 heterocycles. The fourth-order valence-corrected chi connectivity index (χ4v) is 3.25. The maximum absolute atomic E-state index is 11.9. The van der Waals surface area contributed by atoms with E-state index in [0.29, 0.717) is 13.0 Å². The number of nitrogens with zero attached hydrogens (tertiary/aromatic N) is 1. The number of hydrogen-bond donors (Lipinski definition) is 2. The Bertz CT molecular complexity index is 417. The molecule has 0 aromatic heterocycles. The molecule has 3 N–H and O–H groups in total. The predicted molar refractivity (Wildman–Crippen MR) is 99.3 cm³/mol. The summed E-state index contributed by atoms with van der Waals surface area (Å²) in [4.78, 5) is 14.3. The Hall–Kier alpha value is -0.460. The van der Waals surface area contributed by atoms with E-state index in [9.17, 15) is 4.79 Å². The minimum atomic E-state index is -0.220. The molecule has 1 aliphatic rings. The van der Waals surface area contributed by atoms with Gasteiger partial charge in [-0.25, -0.2) is 0 Å². The molecule has 2 rings (SSSR count). The molecule has 1 unspecified atom stereocenters. The lowest BCUT2D eigenvalue weighted by Crippen LogP contribution is -2.39. The molecular formula is C15H25Cl2N3OS. The number of nitrogens with two attached hydrogens (primary N) is 1. The summed E-state index contributed by atoms with van der Waals surface area (Å²) in [6.45, 7) is 3.91. The summed E-state index contributed by atoms with van der Waals surface area (Å²) in [5.41, 5.74) is 7.05. The number of carbonyl (C=O) groups excluding carboxylic acids is 1. The molecule has 1 aromatic carbocycles. The van der Waals surface area contributed by atoms with Gasteiger partial charge in [-0.3, -0.25) is 9.69 Å². The maximum atomic E-state index is 11.9. The van der Waals surface area contributed by atoms with Crippen LogP contribution in [-0.4, -0.2) is 48.5 Å². The second kappa shape index (κ2) is 12.0. The van der Waals surface area contributed by atoms with Gasteiger partial charge in [-0.1, -0.05) is 30.3 Å². The Morgan fingerprint density at radius 3 is 2.50 bits per heavy atom. The number of thioether (sulfide) groups is 1. The molecule has 4 nitrogen and oxygen atoms in total. The van der Waals surface area contributed by atoms with E-state index in [-0.39, 0.29) is 36.8 Å². The fraction of sp³-hybridized carbons (Fsp3) is 0.533. The van der Waals surface area contributed by atoms with Crippen LogP contribution in [0, 0.1) is 0 Å². The highest BCUT2D eigenvalue weighted by Crippen LogP contribution is 2.12. The third-order valence-corrected chi connectivity index (χ3v) is 4.43. The highest BCUT2D eigenvalue weighted by atomic mass is 35.5. The normalized spacial score (nSPS) is 16.0. The van der Waals surface area contributed by atoms with Crippen LogP contribution < -0.4 is 11.1 Å². The first kappa shape index (κ1) is 21.5. The summed E-state index contributed by atoms with van der Waals surface area (Å²) in [6, 6.07) is 9.55. The van der Waals surface area contributed by atoms with Crippen LogP contribution in [0.25, 0.3) is 0 Å². The van der Waals surface area contributed by atoms with Crippen LogP contribution in [0.3, 0.4) is 0 Å².